The van der Waals surface area contributed by atoms with Crippen LogP contribution in [0.3, 0.4) is 0 Å². The summed E-state index contributed by atoms with van der Waals surface area (Å²) in [6.45, 7) is 1.53. The van der Waals surface area contributed by atoms with Gasteiger partial charge in [0.05, 0.1) is 27.6 Å². The highest BCUT2D eigenvalue weighted by molar-refractivity contribution is 7.94. The quantitative estimate of drug-likeness (QED) is 0.733. The van der Waals surface area contributed by atoms with Gasteiger partial charge in [-0.1, -0.05) is 18.2 Å². The summed E-state index contributed by atoms with van der Waals surface area (Å²) in [5, 5.41) is 0. The zero-order valence-electron chi connectivity index (χ0n) is 14.7. The molecule has 2 aromatic rings. The molecule has 1 saturated heterocycles. The van der Waals surface area contributed by atoms with Crippen molar-refractivity contribution >= 4 is 43.2 Å². The maximum atomic E-state index is 12.9. The van der Waals surface area contributed by atoms with E-state index in [2.05, 4.69) is 4.72 Å². The molecule has 0 unspecified atom stereocenters. The van der Waals surface area contributed by atoms with E-state index >= 15 is 0 Å². The zero-order valence-corrected chi connectivity index (χ0v) is 16.4. The Labute approximate surface area is 162 Å². The molecule has 11 heteroatoms. The largest absolute Gasteiger partial charge is 0.366 e. The lowest BCUT2D eigenvalue weighted by atomic mass is 10.2. The van der Waals surface area contributed by atoms with Crippen LogP contribution in [0.25, 0.3) is 0 Å². The van der Waals surface area contributed by atoms with Crippen molar-refractivity contribution in [1.82, 2.24) is 0 Å². The minimum atomic E-state index is -4.20. The van der Waals surface area contributed by atoms with E-state index < -0.39 is 31.9 Å². The average molecular weight is 423 g/mol. The third-order valence-electron chi connectivity index (χ3n) is 4.21. The second kappa shape index (κ2) is 6.91. The molecule has 1 aliphatic rings. The van der Waals surface area contributed by atoms with Crippen LogP contribution in [-0.2, 0) is 24.8 Å². The summed E-state index contributed by atoms with van der Waals surface area (Å²) in [6, 6.07) is 9.71. The molecule has 0 spiro atoms. The standard InChI is InChI=1S/C17H17N3O6S2/c1-11-6-7-12(20-16(21)8-9-27(20,23)24)10-15(11)28(25,26)19-14-5-3-2-4-13(14)17(18)22/h2-7,10,19H,8-9H2,1H3,(H2,18,22). The lowest BCUT2D eigenvalue weighted by Crippen LogP contribution is -2.29. The molecule has 3 N–H and O–H groups in total. The van der Waals surface area contributed by atoms with Gasteiger partial charge in [-0.05, 0) is 36.8 Å². The SMILES string of the molecule is Cc1ccc(N2C(=O)CCS2(=O)=O)cc1S(=O)(=O)Nc1ccccc1C(N)=O. The number of anilines is 2. The summed E-state index contributed by atoms with van der Waals surface area (Å²) < 4.78 is 52.9. The molecule has 1 aliphatic heterocycles. The minimum absolute atomic E-state index is 0.00956. The normalized spacial score (nSPS) is 16.2. The number of hydrogen-bond acceptors (Lipinski definition) is 6. The Morgan fingerprint density at radius 2 is 1.86 bits per heavy atom. The van der Waals surface area contributed by atoms with Gasteiger partial charge in [-0.15, -0.1) is 0 Å². The van der Waals surface area contributed by atoms with Crippen LogP contribution in [0.4, 0.5) is 11.4 Å². The first-order valence-electron chi connectivity index (χ1n) is 8.11. The molecule has 3 rings (SSSR count). The van der Waals surface area contributed by atoms with E-state index in [0.717, 1.165) is 6.07 Å². The number of carbonyl (C=O) groups excluding carboxylic acids is 2. The number of rotatable bonds is 5. The minimum Gasteiger partial charge on any atom is -0.366 e. The van der Waals surface area contributed by atoms with Crippen molar-refractivity contribution in [3.05, 3.63) is 53.6 Å². The van der Waals surface area contributed by atoms with Crippen LogP contribution >= 0.6 is 0 Å². The Morgan fingerprint density at radius 1 is 1.18 bits per heavy atom. The number of nitrogens with one attached hydrogen (secondary N) is 1. The number of benzene rings is 2. The number of carbonyl (C=O) groups is 2. The highest BCUT2D eigenvalue weighted by Crippen LogP contribution is 2.30. The number of nitrogens with zero attached hydrogens (tertiary/aromatic N) is 1. The van der Waals surface area contributed by atoms with E-state index in [1.165, 1.54) is 43.3 Å². The van der Waals surface area contributed by atoms with Gasteiger partial charge in [-0.25, -0.2) is 21.1 Å². The molecule has 0 aromatic heterocycles. The molecule has 28 heavy (non-hydrogen) atoms. The Kier molecular flexibility index (Phi) is 4.90. The van der Waals surface area contributed by atoms with E-state index in [4.69, 9.17) is 5.73 Å². The molecule has 0 aliphatic carbocycles. The van der Waals surface area contributed by atoms with Gasteiger partial charge in [-0.2, -0.15) is 0 Å². The predicted molar refractivity (Wildman–Crippen MR) is 103 cm³/mol. The lowest BCUT2D eigenvalue weighted by molar-refractivity contribution is -0.116. The van der Waals surface area contributed by atoms with Gasteiger partial charge >= 0.3 is 0 Å². The number of para-hydroxylation sites is 1. The number of primary amides is 1. The first kappa shape index (κ1) is 19.8. The summed E-state index contributed by atoms with van der Waals surface area (Å²) in [7, 11) is -8.03. The van der Waals surface area contributed by atoms with Crippen LogP contribution in [-0.4, -0.2) is 34.4 Å². The molecule has 148 valence electrons. The van der Waals surface area contributed by atoms with Crippen LogP contribution in [0.2, 0.25) is 0 Å². The Bertz CT molecular complexity index is 1190. The maximum Gasteiger partial charge on any atom is 0.262 e. The van der Waals surface area contributed by atoms with Crippen molar-refractivity contribution in [3.63, 3.8) is 0 Å². The fourth-order valence-corrected chi connectivity index (χ4v) is 5.66. The molecular formula is C17H17N3O6S2. The maximum absolute atomic E-state index is 12.9. The highest BCUT2D eigenvalue weighted by Gasteiger charge is 2.37. The zero-order chi connectivity index (χ0) is 20.7. The van der Waals surface area contributed by atoms with Crippen LogP contribution in [0.15, 0.2) is 47.4 Å². The van der Waals surface area contributed by atoms with Crippen molar-refractivity contribution in [2.45, 2.75) is 18.2 Å². The van der Waals surface area contributed by atoms with Crippen molar-refractivity contribution in [2.75, 3.05) is 14.8 Å². The highest BCUT2D eigenvalue weighted by atomic mass is 32.2. The summed E-state index contributed by atoms with van der Waals surface area (Å²) >= 11 is 0. The molecule has 0 atom stereocenters. The van der Waals surface area contributed by atoms with Gasteiger partial charge in [0.15, 0.2) is 0 Å². The van der Waals surface area contributed by atoms with E-state index in [9.17, 15) is 26.4 Å². The van der Waals surface area contributed by atoms with Crippen LogP contribution in [0, 0.1) is 6.92 Å². The molecular weight excluding hydrogens is 406 g/mol. The third-order valence-corrected chi connectivity index (χ3v) is 7.41. The van der Waals surface area contributed by atoms with Gasteiger partial charge in [0.25, 0.3) is 15.9 Å². The van der Waals surface area contributed by atoms with Crippen LogP contribution in [0.1, 0.15) is 22.3 Å². The van der Waals surface area contributed by atoms with E-state index in [1.807, 2.05) is 0 Å². The van der Waals surface area contributed by atoms with E-state index in [-0.39, 0.29) is 34.0 Å². The van der Waals surface area contributed by atoms with Crippen molar-refractivity contribution < 1.29 is 26.4 Å². The summed E-state index contributed by atoms with van der Waals surface area (Å²) in [5.74, 6) is -1.76. The van der Waals surface area contributed by atoms with Crippen LogP contribution in [0.5, 0.6) is 0 Å². The Balaban J connectivity index is 2.06. The number of nitrogens with two attached hydrogens (primary N) is 1. The molecule has 0 bridgehead atoms. The number of hydrogen-bond donors (Lipinski definition) is 2. The molecule has 2 aromatic carbocycles. The fraction of sp³-hybridized carbons (Fsp3) is 0.176. The van der Waals surface area contributed by atoms with Crippen molar-refractivity contribution in [1.29, 1.82) is 0 Å². The molecule has 1 fully saturated rings. The molecule has 0 radical (unpaired) electrons. The van der Waals surface area contributed by atoms with Gasteiger partial charge < -0.3 is 5.73 Å². The summed E-state index contributed by atoms with van der Waals surface area (Å²) in [4.78, 5) is 23.3. The molecule has 1 heterocycles. The van der Waals surface area contributed by atoms with E-state index in [1.54, 1.807) is 0 Å². The first-order chi connectivity index (χ1) is 13.0. The van der Waals surface area contributed by atoms with Gasteiger partial charge in [-0.3, -0.25) is 14.3 Å². The van der Waals surface area contributed by atoms with Crippen molar-refractivity contribution in [2.24, 2.45) is 5.73 Å². The van der Waals surface area contributed by atoms with E-state index in [0.29, 0.717) is 9.87 Å². The Hall–Kier alpha value is -2.92. The molecule has 2 amide bonds. The van der Waals surface area contributed by atoms with Crippen molar-refractivity contribution in [3.8, 4) is 0 Å². The number of sulfonamides is 2. The Morgan fingerprint density at radius 3 is 2.46 bits per heavy atom. The summed E-state index contributed by atoms with van der Waals surface area (Å²) in [6.07, 6.45) is -0.164. The predicted octanol–water partition coefficient (Wildman–Crippen LogP) is 0.961. The first-order valence-corrected chi connectivity index (χ1v) is 11.2. The number of aryl methyl sites for hydroxylation is 1. The van der Waals surface area contributed by atoms with Gasteiger partial charge in [0.1, 0.15) is 0 Å². The van der Waals surface area contributed by atoms with Gasteiger partial charge in [0.2, 0.25) is 15.9 Å². The second-order valence-electron chi connectivity index (χ2n) is 6.19. The molecule has 9 nitrogen and oxygen atoms in total. The summed E-state index contributed by atoms with van der Waals surface area (Å²) in [5.41, 5.74) is 5.52. The lowest BCUT2D eigenvalue weighted by Gasteiger charge is -2.18. The third kappa shape index (κ3) is 3.58. The second-order valence-corrected chi connectivity index (χ2v) is 9.78. The monoisotopic (exact) mass is 423 g/mol. The number of amides is 2. The van der Waals surface area contributed by atoms with Gasteiger partial charge in [0, 0.05) is 6.42 Å². The smallest absolute Gasteiger partial charge is 0.262 e. The van der Waals surface area contributed by atoms with Crippen LogP contribution < -0.4 is 14.8 Å². The topological polar surface area (TPSA) is 144 Å². The average Bonchev–Trinajstić information content (AvgIpc) is 2.88. The molecule has 0 saturated carbocycles. The fourth-order valence-electron chi connectivity index (χ4n) is 2.86.